The molecule has 1 aromatic heterocycles. The molecule has 5 nitrogen and oxygen atoms in total. The Labute approximate surface area is 132 Å². The highest BCUT2D eigenvalue weighted by atomic mass is 79.9. The Morgan fingerprint density at radius 1 is 1.24 bits per heavy atom. The number of amides is 2. The monoisotopic (exact) mass is 353 g/mol. The third-order valence-corrected chi connectivity index (χ3v) is 4.70. The standard InChI is InChI=1S/C15H20BrN3O2/c1-10(20)18-6-4-12(5-7-18)17-15(21)14-8-11(16)9-19(14)13-2-3-13/h8-9,12-13H,2-7H2,1H3,(H,17,21). The number of rotatable bonds is 3. The van der Waals surface area contributed by atoms with Crippen LogP contribution in [0.1, 0.15) is 49.1 Å². The zero-order valence-electron chi connectivity index (χ0n) is 12.1. The molecule has 1 saturated heterocycles. The molecule has 0 atom stereocenters. The van der Waals surface area contributed by atoms with Crippen molar-refractivity contribution in [3.8, 4) is 0 Å². The van der Waals surface area contributed by atoms with Gasteiger partial charge in [0.1, 0.15) is 5.69 Å². The molecule has 2 amide bonds. The summed E-state index contributed by atoms with van der Waals surface area (Å²) in [5.74, 6) is 0.111. The molecule has 21 heavy (non-hydrogen) atoms. The van der Waals surface area contributed by atoms with Crippen molar-refractivity contribution in [1.82, 2.24) is 14.8 Å². The molecule has 1 aliphatic carbocycles. The normalized spacial score (nSPS) is 19.6. The van der Waals surface area contributed by atoms with Gasteiger partial charge in [-0.25, -0.2) is 0 Å². The van der Waals surface area contributed by atoms with Gasteiger partial charge in [-0.15, -0.1) is 0 Å². The summed E-state index contributed by atoms with van der Waals surface area (Å²) < 4.78 is 3.02. The Balaban J connectivity index is 1.61. The molecule has 1 saturated carbocycles. The number of carbonyl (C=O) groups is 2. The van der Waals surface area contributed by atoms with Crippen molar-refractivity contribution in [2.45, 2.75) is 44.7 Å². The largest absolute Gasteiger partial charge is 0.348 e. The molecule has 6 heteroatoms. The average molecular weight is 354 g/mol. The maximum atomic E-state index is 12.5. The van der Waals surface area contributed by atoms with Crippen molar-refractivity contribution in [1.29, 1.82) is 0 Å². The van der Waals surface area contributed by atoms with Crippen LogP contribution in [0.2, 0.25) is 0 Å². The second kappa shape index (κ2) is 5.83. The summed E-state index contributed by atoms with van der Waals surface area (Å²) in [4.78, 5) is 25.6. The van der Waals surface area contributed by atoms with E-state index in [1.807, 2.05) is 17.2 Å². The van der Waals surface area contributed by atoms with Crippen LogP contribution in [-0.2, 0) is 4.79 Å². The second-order valence-electron chi connectivity index (χ2n) is 5.94. The molecule has 1 aliphatic heterocycles. The molecule has 3 rings (SSSR count). The lowest BCUT2D eigenvalue weighted by atomic mass is 10.0. The first kappa shape index (κ1) is 14.6. The number of piperidine rings is 1. The van der Waals surface area contributed by atoms with Gasteiger partial charge in [0.05, 0.1) is 0 Å². The minimum absolute atomic E-state index is 0.00567. The number of aromatic nitrogens is 1. The maximum absolute atomic E-state index is 12.5. The predicted octanol–water partition coefficient (Wildman–Crippen LogP) is 2.33. The number of halogens is 1. The fourth-order valence-corrected chi connectivity index (χ4v) is 3.32. The SMILES string of the molecule is CC(=O)N1CCC(NC(=O)c2cc(Br)cn2C2CC2)CC1. The van der Waals surface area contributed by atoms with Gasteiger partial charge in [-0.1, -0.05) is 0 Å². The smallest absolute Gasteiger partial charge is 0.268 e. The van der Waals surface area contributed by atoms with Crippen LogP contribution in [0.15, 0.2) is 16.7 Å². The van der Waals surface area contributed by atoms with Crippen molar-refractivity contribution in [2.75, 3.05) is 13.1 Å². The van der Waals surface area contributed by atoms with E-state index in [1.165, 1.54) is 0 Å². The molecule has 0 bridgehead atoms. The third kappa shape index (κ3) is 3.31. The van der Waals surface area contributed by atoms with Gasteiger partial charge in [-0.05, 0) is 47.7 Å². The Hall–Kier alpha value is -1.30. The van der Waals surface area contributed by atoms with E-state index >= 15 is 0 Å². The van der Waals surface area contributed by atoms with E-state index in [1.54, 1.807) is 6.92 Å². The van der Waals surface area contributed by atoms with Crippen LogP contribution in [0.5, 0.6) is 0 Å². The van der Waals surface area contributed by atoms with Gasteiger partial charge < -0.3 is 14.8 Å². The molecular weight excluding hydrogens is 334 g/mol. The summed E-state index contributed by atoms with van der Waals surface area (Å²) in [6.45, 7) is 3.06. The number of hydrogen-bond donors (Lipinski definition) is 1. The lowest BCUT2D eigenvalue weighted by Crippen LogP contribution is -2.46. The van der Waals surface area contributed by atoms with E-state index in [2.05, 4.69) is 25.8 Å². The van der Waals surface area contributed by atoms with E-state index < -0.39 is 0 Å². The lowest BCUT2D eigenvalue weighted by Gasteiger charge is -2.31. The van der Waals surface area contributed by atoms with Gasteiger partial charge in [0.25, 0.3) is 5.91 Å². The molecule has 0 radical (unpaired) electrons. The highest BCUT2D eigenvalue weighted by molar-refractivity contribution is 9.10. The number of nitrogens with zero attached hydrogens (tertiary/aromatic N) is 2. The van der Waals surface area contributed by atoms with Crippen molar-refractivity contribution < 1.29 is 9.59 Å². The number of carbonyl (C=O) groups excluding carboxylic acids is 2. The molecule has 0 spiro atoms. The van der Waals surface area contributed by atoms with Crippen LogP contribution in [0.3, 0.4) is 0 Å². The first-order chi connectivity index (χ1) is 10.0. The molecule has 1 N–H and O–H groups in total. The van der Waals surface area contributed by atoms with Gasteiger partial charge in [-0.2, -0.15) is 0 Å². The average Bonchev–Trinajstić information content (AvgIpc) is 3.22. The van der Waals surface area contributed by atoms with Crippen LogP contribution >= 0.6 is 15.9 Å². The molecular formula is C15H20BrN3O2. The summed E-state index contributed by atoms with van der Waals surface area (Å²) in [7, 11) is 0. The minimum Gasteiger partial charge on any atom is -0.348 e. The molecule has 114 valence electrons. The molecule has 1 aromatic rings. The van der Waals surface area contributed by atoms with Crippen LogP contribution in [0, 0.1) is 0 Å². The lowest BCUT2D eigenvalue weighted by molar-refractivity contribution is -0.129. The molecule has 0 aromatic carbocycles. The Kier molecular flexibility index (Phi) is 4.06. The second-order valence-corrected chi connectivity index (χ2v) is 6.85. The highest BCUT2D eigenvalue weighted by Crippen LogP contribution is 2.37. The topological polar surface area (TPSA) is 54.3 Å². The van der Waals surface area contributed by atoms with Gasteiger partial charge in [0.15, 0.2) is 0 Å². The summed E-state index contributed by atoms with van der Waals surface area (Å²) in [6, 6.07) is 2.53. The van der Waals surface area contributed by atoms with Crippen molar-refractivity contribution in [3.63, 3.8) is 0 Å². The summed E-state index contributed by atoms with van der Waals surface area (Å²) in [6.07, 6.45) is 5.95. The van der Waals surface area contributed by atoms with Crippen LogP contribution in [-0.4, -0.2) is 40.4 Å². The Morgan fingerprint density at radius 3 is 2.48 bits per heavy atom. The zero-order chi connectivity index (χ0) is 15.0. The quantitative estimate of drug-likeness (QED) is 0.906. The summed E-state index contributed by atoms with van der Waals surface area (Å²) in [5.41, 5.74) is 0.735. The van der Waals surface area contributed by atoms with Gasteiger partial charge >= 0.3 is 0 Å². The van der Waals surface area contributed by atoms with Crippen molar-refractivity contribution in [2.24, 2.45) is 0 Å². The Morgan fingerprint density at radius 2 is 1.90 bits per heavy atom. The molecule has 2 aliphatic rings. The predicted molar refractivity (Wildman–Crippen MR) is 83.1 cm³/mol. The summed E-state index contributed by atoms with van der Waals surface area (Å²) in [5, 5.41) is 3.11. The van der Waals surface area contributed by atoms with Crippen LogP contribution < -0.4 is 5.32 Å². The number of likely N-dealkylation sites (tertiary alicyclic amines) is 1. The van der Waals surface area contributed by atoms with Crippen LogP contribution in [0.25, 0.3) is 0 Å². The molecule has 0 unspecified atom stereocenters. The maximum Gasteiger partial charge on any atom is 0.268 e. The van der Waals surface area contributed by atoms with Gasteiger partial charge in [-0.3, -0.25) is 9.59 Å². The number of nitrogens with one attached hydrogen (secondary N) is 1. The zero-order valence-corrected chi connectivity index (χ0v) is 13.7. The Bertz CT molecular complexity index is 557. The van der Waals surface area contributed by atoms with E-state index in [-0.39, 0.29) is 17.9 Å². The van der Waals surface area contributed by atoms with Crippen molar-refractivity contribution >= 4 is 27.7 Å². The van der Waals surface area contributed by atoms with E-state index in [9.17, 15) is 9.59 Å². The van der Waals surface area contributed by atoms with Gasteiger partial charge in [0, 0.05) is 42.8 Å². The van der Waals surface area contributed by atoms with Crippen LogP contribution in [0.4, 0.5) is 0 Å². The van der Waals surface area contributed by atoms with E-state index in [0.29, 0.717) is 6.04 Å². The first-order valence-electron chi connectivity index (χ1n) is 7.48. The first-order valence-corrected chi connectivity index (χ1v) is 8.27. The number of hydrogen-bond acceptors (Lipinski definition) is 2. The molecule has 2 fully saturated rings. The highest BCUT2D eigenvalue weighted by Gasteiger charge is 2.29. The van der Waals surface area contributed by atoms with E-state index in [0.717, 1.165) is 48.9 Å². The fourth-order valence-electron chi connectivity index (χ4n) is 2.88. The minimum atomic E-state index is -0.00567. The van der Waals surface area contributed by atoms with E-state index in [4.69, 9.17) is 0 Å². The van der Waals surface area contributed by atoms with Gasteiger partial charge in [0.2, 0.25) is 5.91 Å². The third-order valence-electron chi connectivity index (χ3n) is 4.26. The van der Waals surface area contributed by atoms with Crippen molar-refractivity contribution in [3.05, 3.63) is 22.4 Å². The molecule has 2 heterocycles. The summed E-state index contributed by atoms with van der Waals surface area (Å²) >= 11 is 3.45. The fraction of sp³-hybridized carbons (Fsp3) is 0.600.